The highest BCUT2D eigenvalue weighted by molar-refractivity contribution is 7.92. The van der Waals surface area contributed by atoms with Crippen LogP contribution in [0.1, 0.15) is 15.9 Å². The molecule has 0 atom stereocenters. The van der Waals surface area contributed by atoms with Crippen LogP contribution in [0.3, 0.4) is 0 Å². The average molecular weight is 484 g/mol. The maximum absolute atomic E-state index is 12.8. The highest BCUT2D eigenvalue weighted by Gasteiger charge is 2.22. The van der Waals surface area contributed by atoms with Crippen LogP contribution in [0.25, 0.3) is 0 Å². The Balaban J connectivity index is 1.80. The zero-order valence-electron chi connectivity index (χ0n) is 18.1. The fourth-order valence-corrected chi connectivity index (χ4v) is 3.95. The summed E-state index contributed by atoms with van der Waals surface area (Å²) >= 11 is 0. The average Bonchev–Trinajstić information content (AvgIpc) is 2.84. The molecule has 2 N–H and O–H groups in total. The van der Waals surface area contributed by atoms with E-state index in [0.29, 0.717) is 16.9 Å². The number of nitrogens with one attached hydrogen (secondary N) is 2. The number of nitrogens with zero attached hydrogens (tertiary/aromatic N) is 2. The molecule has 0 heterocycles. The maximum Gasteiger partial charge on any atom is 0.337 e. The Morgan fingerprint density at radius 3 is 2.38 bits per heavy atom. The number of hydrazone groups is 1. The predicted molar refractivity (Wildman–Crippen MR) is 126 cm³/mol. The molecule has 0 unspecified atom stereocenters. The van der Waals surface area contributed by atoms with Crippen molar-refractivity contribution in [1.82, 2.24) is 0 Å². The third-order valence-electron chi connectivity index (χ3n) is 4.56. The van der Waals surface area contributed by atoms with Crippen molar-refractivity contribution in [1.29, 1.82) is 0 Å². The minimum Gasteiger partial charge on any atom is -0.495 e. The van der Waals surface area contributed by atoms with E-state index in [0.717, 1.165) is 6.07 Å². The van der Waals surface area contributed by atoms with Gasteiger partial charge in [-0.15, -0.1) is 0 Å². The molecule has 0 aliphatic carbocycles. The van der Waals surface area contributed by atoms with E-state index in [2.05, 4.69) is 20.0 Å². The third kappa shape index (κ3) is 5.66. The first-order chi connectivity index (χ1) is 16.2. The van der Waals surface area contributed by atoms with Crippen molar-refractivity contribution in [3.63, 3.8) is 0 Å². The standard InChI is InChI=1S/C22H20N4O7S/c1-32-21-6-4-3-5-19(21)25-34(30,31)17-11-12-18(20(13-17)26(28)29)24-23-14-15-7-9-16(10-8-15)22(27)33-2/h3-14,24-25H,1-2H3. The fourth-order valence-electron chi connectivity index (χ4n) is 2.86. The van der Waals surface area contributed by atoms with Gasteiger partial charge in [0.15, 0.2) is 0 Å². The van der Waals surface area contributed by atoms with Crippen LogP contribution in [-0.2, 0) is 14.8 Å². The Morgan fingerprint density at radius 2 is 1.74 bits per heavy atom. The SMILES string of the molecule is COC(=O)c1ccc(C=NNc2ccc(S(=O)(=O)Nc3ccccc3OC)cc2[N+](=O)[O-])cc1. The van der Waals surface area contributed by atoms with Gasteiger partial charge in [0.1, 0.15) is 11.4 Å². The van der Waals surface area contributed by atoms with Gasteiger partial charge in [0.05, 0.1) is 41.5 Å². The number of carbonyl (C=O) groups excluding carboxylic acids is 1. The van der Waals surface area contributed by atoms with Crippen molar-refractivity contribution in [3.8, 4) is 5.75 Å². The first-order valence-electron chi connectivity index (χ1n) is 9.67. The van der Waals surface area contributed by atoms with Crippen LogP contribution < -0.4 is 14.9 Å². The molecule has 0 aromatic heterocycles. The Bertz CT molecular complexity index is 1340. The van der Waals surface area contributed by atoms with Crippen molar-refractivity contribution in [3.05, 3.63) is 88.0 Å². The summed E-state index contributed by atoms with van der Waals surface area (Å²) in [7, 11) is -1.46. The van der Waals surface area contributed by atoms with Gasteiger partial charge in [-0.25, -0.2) is 13.2 Å². The highest BCUT2D eigenvalue weighted by atomic mass is 32.2. The van der Waals surface area contributed by atoms with Crippen LogP contribution in [0.4, 0.5) is 17.1 Å². The number of sulfonamides is 1. The summed E-state index contributed by atoms with van der Waals surface area (Å²) in [4.78, 5) is 22.0. The van der Waals surface area contributed by atoms with Crippen molar-refractivity contribution in [2.45, 2.75) is 4.90 Å². The first-order valence-corrected chi connectivity index (χ1v) is 11.1. The topological polar surface area (TPSA) is 149 Å². The number of esters is 1. The van der Waals surface area contributed by atoms with Crippen molar-refractivity contribution >= 4 is 39.3 Å². The molecule has 0 saturated heterocycles. The number of rotatable bonds is 9. The molecule has 12 heteroatoms. The monoisotopic (exact) mass is 484 g/mol. The number of carbonyl (C=O) groups is 1. The highest BCUT2D eigenvalue weighted by Crippen LogP contribution is 2.30. The van der Waals surface area contributed by atoms with Crippen LogP contribution in [0.15, 0.2) is 76.7 Å². The lowest BCUT2D eigenvalue weighted by atomic mass is 10.1. The molecule has 11 nitrogen and oxygen atoms in total. The molecule has 0 aliphatic heterocycles. The molecule has 3 aromatic carbocycles. The Hall–Kier alpha value is -4.45. The molecule has 0 bridgehead atoms. The molecule has 0 aliphatic rings. The molecule has 3 aromatic rings. The molecule has 0 amide bonds. The second-order valence-electron chi connectivity index (χ2n) is 6.73. The summed E-state index contributed by atoms with van der Waals surface area (Å²) in [5, 5.41) is 15.5. The Morgan fingerprint density at radius 1 is 1.03 bits per heavy atom. The van der Waals surface area contributed by atoms with Gasteiger partial charge < -0.3 is 9.47 Å². The molecule has 0 radical (unpaired) electrons. The summed E-state index contributed by atoms with van der Waals surface area (Å²) in [6, 6.07) is 16.1. The quantitative estimate of drug-likeness (QED) is 0.202. The summed E-state index contributed by atoms with van der Waals surface area (Å²) in [6.07, 6.45) is 1.39. The molecule has 0 saturated carbocycles. The van der Waals surface area contributed by atoms with E-state index < -0.39 is 26.6 Å². The number of para-hydroxylation sites is 2. The van der Waals surface area contributed by atoms with Gasteiger partial charge >= 0.3 is 5.97 Å². The summed E-state index contributed by atoms with van der Waals surface area (Å²) in [5.74, 6) is -0.180. The molecular formula is C22H20N4O7S. The van der Waals surface area contributed by atoms with Gasteiger partial charge in [0.2, 0.25) is 0 Å². The Labute approximate surface area is 195 Å². The number of nitro groups is 1. The smallest absolute Gasteiger partial charge is 0.337 e. The largest absolute Gasteiger partial charge is 0.495 e. The van der Waals surface area contributed by atoms with Crippen molar-refractivity contribution < 1.29 is 27.6 Å². The first kappa shape index (κ1) is 24.2. The zero-order chi connectivity index (χ0) is 24.7. The Kier molecular flexibility index (Phi) is 7.43. The van der Waals surface area contributed by atoms with Gasteiger partial charge in [-0.3, -0.25) is 20.3 Å². The van der Waals surface area contributed by atoms with E-state index in [1.54, 1.807) is 42.5 Å². The van der Waals surface area contributed by atoms with Crippen molar-refractivity contribution in [2.75, 3.05) is 24.4 Å². The number of methoxy groups -OCH3 is 2. The molecule has 3 rings (SSSR count). The fraction of sp³-hybridized carbons (Fsp3) is 0.0909. The predicted octanol–water partition coefficient (Wildman–Crippen LogP) is 3.64. The minimum atomic E-state index is -4.13. The van der Waals surface area contributed by atoms with Gasteiger partial charge in [0.25, 0.3) is 15.7 Å². The summed E-state index contributed by atoms with van der Waals surface area (Å²) in [5.41, 5.74) is 3.21. The summed E-state index contributed by atoms with van der Waals surface area (Å²) < 4.78 is 37.7. The van der Waals surface area contributed by atoms with E-state index in [9.17, 15) is 23.3 Å². The van der Waals surface area contributed by atoms with Crippen LogP contribution in [0, 0.1) is 10.1 Å². The van der Waals surface area contributed by atoms with Crippen LogP contribution >= 0.6 is 0 Å². The normalized spacial score (nSPS) is 11.1. The number of hydrogen-bond acceptors (Lipinski definition) is 9. The van der Waals surface area contributed by atoms with E-state index in [4.69, 9.17) is 4.74 Å². The summed E-state index contributed by atoms with van der Waals surface area (Å²) in [6.45, 7) is 0. The molecular weight excluding hydrogens is 464 g/mol. The second kappa shape index (κ2) is 10.4. The van der Waals surface area contributed by atoms with E-state index in [1.165, 1.54) is 38.6 Å². The zero-order valence-corrected chi connectivity index (χ0v) is 18.9. The molecule has 176 valence electrons. The van der Waals surface area contributed by atoms with Gasteiger partial charge in [-0.1, -0.05) is 24.3 Å². The van der Waals surface area contributed by atoms with Crippen LogP contribution in [0.2, 0.25) is 0 Å². The lowest BCUT2D eigenvalue weighted by Crippen LogP contribution is -2.14. The van der Waals surface area contributed by atoms with Gasteiger partial charge in [0, 0.05) is 6.07 Å². The van der Waals surface area contributed by atoms with Gasteiger partial charge in [-0.2, -0.15) is 5.10 Å². The van der Waals surface area contributed by atoms with Gasteiger partial charge in [-0.05, 0) is 42.0 Å². The maximum atomic E-state index is 12.8. The van der Waals surface area contributed by atoms with E-state index >= 15 is 0 Å². The molecule has 0 spiro atoms. The molecule has 0 fully saturated rings. The van der Waals surface area contributed by atoms with E-state index in [-0.39, 0.29) is 16.3 Å². The number of ether oxygens (including phenoxy) is 2. The lowest BCUT2D eigenvalue weighted by Gasteiger charge is -2.12. The number of anilines is 2. The number of hydrogen-bond donors (Lipinski definition) is 2. The van der Waals surface area contributed by atoms with Crippen LogP contribution in [0.5, 0.6) is 5.75 Å². The third-order valence-corrected chi connectivity index (χ3v) is 5.92. The van der Waals surface area contributed by atoms with E-state index in [1.807, 2.05) is 0 Å². The lowest BCUT2D eigenvalue weighted by molar-refractivity contribution is -0.384. The van der Waals surface area contributed by atoms with Crippen molar-refractivity contribution in [2.24, 2.45) is 5.10 Å². The number of nitro benzene ring substituents is 1. The minimum absolute atomic E-state index is 0.0105. The molecule has 34 heavy (non-hydrogen) atoms. The van der Waals surface area contributed by atoms with Crippen LogP contribution in [-0.4, -0.2) is 39.7 Å². The second-order valence-corrected chi connectivity index (χ2v) is 8.41. The number of benzene rings is 3.